The Hall–Kier alpha value is -2.16. The van der Waals surface area contributed by atoms with Crippen LogP contribution in [0, 0.1) is 19.8 Å². The lowest BCUT2D eigenvalue weighted by Gasteiger charge is -2.04. The molecule has 2 rings (SSSR count). The Morgan fingerprint density at radius 2 is 2.09 bits per heavy atom. The normalized spacial score (nSPS) is 11.9. The number of sulfonamides is 1. The lowest BCUT2D eigenvalue weighted by molar-refractivity contribution is 0.0976. The van der Waals surface area contributed by atoms with E-state index in [9.17, 15) is 13.2 Å². The van der Waals surface area contributed by atoms with Gasteiger partial charge in [0.05, 0.1) is 0 Å². The van der Waals surface area contributed by atoms with Crippen LogP contribution < -0.4 is 4.72 Å². The van der Waals surface area contributed by atoms with E-state index >= 15 is 0 Å². The van der Waals surface area contributed by atoms with E-state index in [1.165, 1.54) is 19.9 Å². The largest absolute Gasteiger partial charge is 0.360 e. The molecule has 0 saturated carbocycles. The van der Waals surface area contributed by atoms with E-state index in [4.69, 9.17) is 4.52 Å². The quantitative estimate of drug-likeness (QED) is 0.856. The van der Waals surface area contributed by atoms with Crippen LogP contribution in [0.3, 0.4) is 0 Å². The summed E-state index contributed by atoms with van der Waals surface area (Å²) in [6, 6.07) is 1.54. The smallest absolute Gasteiger partial charge is 0.285 e. The van der Waals surface area contributed by atoms with Gasteiger partial charge in [-0.2, -0.15) is 5.10 Å². The minimum absolute atomic E-state index is 0.0194. The van der Waals surface area contributed by atoms with E-state index in [0.717, 1.165) is 12.1 Å². The second-order valence-electron chi connectivity index (χ2n) is 5.46. The molecule has 0 aliphatic heterocycles. The van der Waals surface area contributed by atoms with Gasteiger partial charge in [-0.25, -0.2) is 13.1 Å². The SMILES string of the molecule is Cc1noc(C)c1S(=O)(=O)NC(=O)c1cc(CC(C)C)[nH]n1. The molecule has 0 saturated heterocycles. The molecule has 0 fully saturated rings. The summed E-state index contributed by atoms with van der Waals surface area (Å²) < 4.78 is 31.3. The van der Waals surface area contributed by atoms with Gasteiger partial charge in [0.2, 0.25) is 0 Å². The molecule has 1 amide bonds. The first-order valence-corrected chi connectivity index (χ1v) is 8.23. The monoisotopic (exact) mass is 326 g/mol. The molecule has 0 bridgehead atoms. The zero-order valence-electron chi connectivity index (χ0n) is 12.8. The fourth-order valence-electron chi connectivity index (χ4n) is 2.11. The predicted octanol–water partition coefficient (Wildman–Crippen LogP) is 1.33. The highest BCUT2D eigenvalue weighted by molar-refractivity contribution is 7.90. The first-order valence-electron chi connectivity index (χ1n) is 6.75. The third-order valence-corrected chi connectivity index (χ3v) is 4.53. The fraction of sp³-hybridized carbons (Fsp3) is 0.462. The van der Waals surface area contributed by atoms with Gasteiger partial charge in [0.1, 0.15) is 5.69 Å². The molecule has 2 aromatic heterocycles. The molecule has 0 aromatic carbocycles. The molecular formula is C13H18N4O4S. The second-order valence-corrected chi connectivity index (χ2v) is 7.08. The van der Waals surface area contributed by atoms with Crippen molar-refractivity contribution < 1.29 is 17.7 Å². The van der Waals surface area contributed by atoms with E-state index in [1.807, 2.05) is 18.6 Å². The molecule has 120 valence electrons. The van der Waals surface area contributed by atoms with Gasteiger partial charge in [0, 0.05) is 5.69 Å². The average molecular weight is 326 g/mol. The van der Waals surface area contributed by atoms with Gasteiger partial charge in [-0.1, -0.05) is 19.0 Å². The number of rotatable bonds is 5. The summed E-state index contributed by atoms with van der Waals surface area (Å²) >= 11 is 0. The molecule has 0 radical (unpaired) electrons. The summed E-state index contributed by atoms with van der Waals surface area (Å²) in [5.74, 6) is -0.283. The molecule has 0 aliphatic carbocycles. The minimum Gasteiger partial charge on any atom is -0.360 e. The third-order valence-electron chi connectivity index (χ3n) is 2.96. The van der Waals surface area contributed by atoms with Crippen molar-refractivity contribution in [3.63, 3.8) is 0 Å². The first-order chi connectivity index (χ1) is 10.2. The number of carbonyl (C=O) groups excluding carboxylic acids is 1. The Morgan fingerprint density at radius 1 is 1.41 bits per heavy atom. The maximum absolute atomic E-state index is 12.2. The number of aromatic amines is 1. The van der Waals surface area contributed by atoms with Crippen LogP contribution in [0.15, 0.2) is 15.5 Å². The number of hydrogen-bond donors (Lipinski definition) is 2. The Kier molecular flexibility index (Phi) is 4.36. The number of hydrogen-bond acceptors (Lipinski definition) is 6. The molecule has 2 heterocycles. The lowest BCUT2D eigenvalue weighted by atomic mass is 10.1. The predicted molar refractivity (Wildman–Crippen MR) is 77.8 cm³/mol. The molecule has 8 nitrogen and oxygen atoms in total. The van der Waals surface area contributed by atoms with E-state index in [-0.39, 0.29) is 22.0 Å². The van der Waals surface area contributed by atoms with Crippen molar-refractivity contribution in [3.8, 4) is 0 Å². The summed E-state index contributed by atoms with van der Waals surface area (Å²) in [4.78, 5) is 11.9. The summed E-state index contributed by atoms with van der Waals surface area (Å²) in [7, 11) is -4.05. The van der Waals surface area contributed by atoms with E-state index in [2.05, 4.69) is 15.4 Å². The highest BCUT2D eigenvalue weighted by atomic mass is 32.2. The molecule has 0 spiro atoms. The molecule has 0 unspecified atom stereocenters. The van der Waals surface area contributed by atoms with Crippen molar-refractivity contribution in [1.82, 2.24) is 20.1 Å². The van der Waals surface area contributed by atoms with Crippen LogP contribution in [0.2, 0.25) is 0 Å². The third kappa shape index (κ3) is 3.35. The van der Waals surface area contributed by atoms with Gasteiger partial charge in [-0.15, -0.1) is 0 Å². The van der Waals surface area contributed by atoms with Crippen molar-refractivity contribution in [2.75, 3.05) is 0 Å². The molecule has 9 heteroatoms. The highest BCUT2D eigenvalue weighted by Crippen LogP contribution is 2.18. The van der Waals surface area contributed by atoms with E-state index in [0.29, 0.717) is 5.92 Å². The van der Waals surface area contributed by atoms with Crippen LogP contribution in [0.4, 0.5) is 0 Å². The van der Waals surface area contributed by atoms with Crippen molar-refractivity contribution >= 4 is 15.9 Å². The van der Waals surface area contributed by atoms with Crippen LogP contribution >= 0.6 is 0 Å². The zero-order valence-corrected chi connectivity index (χ0v) is 13.6. The zero-order chi connectivity index (χ0) is 16.5. The van der Waals surface area contributed by atoms with Gasteiger partial charge < -0.3 is 4.52 Å². The molecule has 2 N–H and O–H groups in total. The number of H-pyrrole nitrogens is 1. The number of carbonyl (C=O) groups is 1. The molecule has 22 heavy (non-hydrogen) atoms. The maximum Gasteiger partial charge on any atom is 0.285 e. The minimum atomic E-state index is -4.05. The average Bonchev–Trinajstić information content (AvgIpc) is 2.95. The lowest BCUT2D eigenvalue weighted by Crippen LogP contribution is -2.31. The van der Waals surface area contributed by atoms with Crippen LogP contribution in [0.5, 0.6) is 0 Å². The number of nitrogens with one attached hydrogen (secondary N) is 2. The second kappa shape index (κ2) is 5.91. The van der Waals surface area contributed by atoms with Gasteiger partial charge >= 0.3 is 0 Å². The van der Waals surface area contributed by atoms with Gasteiger partial charge in [0.25, 0.3) is 15.9 Å². The molecule has 2 aromatic rings. The number of aromatic nitrogens is 3. The number of nitrogens with zero attached hydrogens (tertiary/aromatic N) is 2. The van der Waals surface area contributed by atoms with Crippen LogP contribution in [0.1, 0.15) is 41.5 Å². The number of aryl methyl sites for hydroxylation is 2. The first kappa shape index (κ1) is 16.2. The maximum atomic E-state index is 12.2. The Balaban J connectivity index is 2.19. The van der Waals surface area contributed by atoms with Gasteiger partial charge in [-0.3, -0.25) is 9.89 Å². The van der Waals surface area contributed by atoms with Crippen molar-refractivity contribution in [2.45, 2.75) is 39.0 Å². The van der Waals surface area contributed by atoms with Crippen LogP contribution in [0.25, 0.3) is 0 Å². The Labute approximate surface area is 128 Å². The topological polar surface area (TPSA) is 118 Å². The summed E-state index contributed by atoms with van der Waals surface area (Å²) in [6.07, 6.45) is 0.719. The van der Waals surface area contributed by atoms with Gasteiger partial charge in [-0.05, 0) is 32.3 Å². The van der Waals surface area contributed by atoms with Gasteiger partial charge in [0.15, 0.2) is 16.3 Å². The fourth-order valence-corrected chi connectivity index (χ4v) is 3.40. The van der Waals surface area contributed by atoms with Crippen molar-refractivity contribution in [3.05, 3.63) is 28.9 Å². The standard InChI is InChI=1S/C13H18N4O4S/c1-7(2)5-10-6-11(15-14-10)13(18)17-22(19,20)12-8(3)16-21-9(12)4/h6-7H,5H2,1-4H3,(H,14,15)(H,17,18). The Morgan fingerprint density at radius 3 is 2.64 bits per heavy atom. The molecular weight excluding hydrogens is 308 g/mol. The number of amides is 1. The summed E-state index contributed by atoms with van der Waals surface area (Å²) in [5.41, 5.74) is 0.987. The van der Waals surface area contributed by atoms with Crippen molar-refractivity contribution in [1.29, 1.82) is 0 Å². The molecule has 0 aliphatic rings. The summed E-state index contributed by atoms with van der Waals surface area (Å²) in [5, 5.41) is 10.1. The summed E-state index contributed by atoms with van der Waals surface area (Å²) in [6.45, 7) is 7.02. The van der Waals surface area contributed by atoms with Crippen LogP contribution in [-0.2, 0) is 16.4 Å². The molecule has 0 atom stereocenters. The van der Waals surface area contributed by atoms with E-state index in [1.54, 1.807) is 0 Å². The Bertz CT molecular complexity index is 769. The highest BCUT2D eigenvalue weighted by Gasteiger charge is 2.27. The van der Waals surface area contributed by atoms with Crippen LogP contribution in [-0.4, -0.2) is 29.7 Å². The van der Waals surface area contributed by atoms with E-state index < -0.39 is 15.9 Å². The van der Waals surface area contributed by atoms with Crippen molar-refractivity contribution in [2.24, 2.45) is 5.92 Å².